The van der Waals surface area contributed by atoms with Crippen molar-refractivity contribution in [3.05, 3.63) is 24.4 Å². The summed E-state index contributed by atoms with van der Waals surface area (Å²) < 4.78 is 6.64. The van der Waals surface area contributed by atoms with Crippen molar-refractivity contribution in [2.24, 2.45) is 11.3 Å². The maximum absolute atomic E-state index is 13.9. The van der Waals surface area contributed by atoms with Crippen LogP contribution in [0, 0.1) is 11.3 Å². The van der Waals surface area contributed by atoms with Crippen LogP contribution < -0.4 is 5.32 Å². The van der Waals surface area contributed by atoms with Crippen molar-refractivity contribution in [2.75, 3.05) is 11.9 Å². The molecule has 2 amide bonds. The van der Waals surface area contributed by atoms with Gasteiger partial charge in [-0.3, -0.25) is 9.59 Å². The number of hydrogen-bond acceptors (Lipinski definition) is 6. The van der Waals surface area contributed by atoms with Gasteiger partial charge in [0.25, 0.3) is 0 Å². The number of carbonyl (C=O) groups is 3. The lowest BCUT2D eigenvalue weighted by Gasteiger charge is -2.46. The molecule has 1 aromatic carbocycles. The fourth-order valence-electron chi connectivity index (χ4n) is 6.24. The minimum Gasteiger partial charge on any atom is -0.442 e. The predicted octanol–water partition coefficient (Wildman–Crippen LogP) is 4.08. The van der Waals surface area contributed by atoms with E-state index in [0.29, 0.717) is 42.4 Å². The molecule has 2 N–H and O–H groups in total. The van der Waals surface area contributed by atoms with Gasteiger partial charge in [0, 0.05) is 11.9 Å². The first kappa shape index (κ1) is 24.7. The topological polar surface area (TPSA) is 114 Å². The standard InChI is InChI=1S/C27H36N4O5/c1-26(2,3)36-25(35)31-21-9-6-8-20(19(21)16-28-31)29-23(33)22-10-7-13-30(22)24(34)27(11-4-5-12-27)17-14-18(32)15-17/h6,8-9,16-18,22,32H,4-5,7,10-15H2,1-3H3,(H,29,33)/t17?,18?,22-/m1/s1. The van der Waals surface area contributed by atoms with Crippen LogP contribution in [0.4, 0.5) is 10.5 Å². The molecular formula is C27H36N4O5. The molecule has 3 aliphatic rings. The molecule has 194 valence electrons. The molecule has 36 heavy (non-hydrogen) atoms. The van der Waals surface area contributed by atoms with E-state index >= 15 is 0 Å². The van der Waals surface area contributed by atoms with Gasteiger partial charge in [0.15, 0.2) is 0 Å². The van der Waals surface area contributed by atoms with Crippen LogP contribution >= 0.6 is 0 Å². The van der Waals surface area contributed by atoms with Gasteiger partial charge in [-0.05, 0) is 77.3 Å². The zero-order valence-electron chi connectivity index (χ0n) is 21.3. The predicted molar refractivity (Wildman–Crippen MR) is 134 cm³/mol. The lowest BCUT2D eigenvalue weighted by atomic mass is 9.62. The number of ether oxygens (including phenoxy) is 1. The van der Waals surface area contributed by atoms with E-state index in [-0.39, 0.29) is 23.8 Å². The Morgan fingerprint density at radius 3 is 2.53 bits per heavy atom. The summed E-state index contributed by atoms with van der Waals surface area (Å²) in [6.07, 6.45) is 7.15. The van der Waals surface area contributed by atoms with Crippen LogP contribution in [0.15, 0.2) is 24.4 Å². The Morgan fingerprint density at radius 1 is 1.14 bits per heavy atom. The third kappa shape index (κ3) is 4.38. The molecule has 1 aromatic heterocycles. The second-order valence-electron chi connectivity index (χ2n) is 11.6. The summed E-state index contributed by atoms with van der Waals surface area (Å²) in [5.41, 5.74) is -0.0101. The number of nitrogens with one attached hydrogen (secondary N) is 1. The van der Waals surface area contributed by atoms with Crippen molar-refractivity contribution in [1.29, 1.82) is 0 Å². The summed E-state index contributed by atoms with van der Waals surface area (Å²) in [6.45, 7) is 5.95. The first-order chi connectivity index (χ1) is 17.1. The average molecular weight is 497 g/mol. The third-order valence-electron chi connectivity index (χ3n) is 8.07. The molecule has 9 nitrogen and oxygen atoms in total. The van der Waals surface area contributed by atoms with Crippen LogP contribution in [0.5, 0.6) is 0 Å². The summed E-state index contributed by atoms with van der Waals surface area (Å²) in [5.74, 6) is 0.0740. The second-order valence-corrected chi connectivity index (χ2v) is 11.6. The second kappa shape index (κ2) is 9.18. The van der Waals surface area contributed by atoms with E-state index in [2.05, 4.69) is 10.4 Å². The maximum Gasteiger partial charge on any atom is 0.435 e. The Labute approximate surface area is 211 Å². The summed E-state index contributed by atoms with van der Waals surface area (Å²) in [6, 6.07) is 4.75. The Kier molecular flexibility index (Phi) is 6.31. The minimum absolute atomic E-state index is 0.0884. The Hall–Kier alpha value is -2.94. The van der Waals surface area contributed by atoms with E-state index in [4.69, 9.17) is 4.74 Å². The molecule has 2 heterocycles. The number of amides is 2. The van der Waals surface area contributed by atoms with Crippen molar-refractivity contribution < 1.29 is 24.2 Å². The average Bonchev–Trinajstić information content (AvgIpc) is 3.55. The monoisotopic (exact) mass is 496 g/mol. The van der Waals surface area contributed by atoms with Crippen LogP contribution in [0.25, 0.3) is 10.9 Å². The number of aliphatic hydroxyl groups excluding tert-OH is 1. The number of carbonyl (C=O) groups excluding carboxylic acids is 3. The van der Waals surface area contributed by atoms with Gasteiger partial charge in [0.1, 0.15) is 11.6 Å². The molecule has 5 rings (SSSR count). The van der Waals surface area contributed by atoms with Gasteiger partial charge >= 0.3 is 6.09 Å². The molecular weight excluding hydrogens is 460 g/mol. The Morgan fingerprint density at radius 2 is 1.86 bits per heavy atom. The highest BCUT2D eigenvalue weighted by molar-refractivity contribution is 6.05. The number of nitrogens with zero attached hydrogens (tertiary/aromatic N) is 3. The lowest BCUT2D eigenvalue weighted by Crippen LogP contribution is -2.54. The van der Waals surface area contributed by atoms with Crippen molar-refractivity contribution in [3.63, 3.8) is 0 Å². The smallest absolute Gasteiger partial charge is 0.435 e. The van der Waals surface area contributed by atoms with Crippen LogP contribution in [-0.4, -0.2) is 62.0 Å². The molecule has 0 bridgehead atoms. The van der Waals surface area contributed by atoms with Crippen LogP contribution in [0.3, 0.4) is 0 Å². The van der Waals surface area contributed by atoms with E-state index in [1.165, 1.54) is 4.68 Å². The summed E-state index contributed by atoms with van der Waals surface area (Å²) in [7, 11) is 0. The summed E-state index contributed by atoms with van der Waals surface area (Å²) in [5, 5.41) is 17.7. The fraction of sp³-hybridized carbons (Fsp3) is 0.630. The zero-order chi connectivity index (χ0) is 25.7. The first-order valence-electron chi connectivity index (χ1n) is 13.1. The molecule has 1 aliphatic heterocycles. The van der Waals surface area contributed by atoms with Gasteiger partial charge in [-0.1, -0.05) is 18.9 Å². The highest BCUT2D eigenvalue weighted by atomic mass is 16.6. The van der Waals surface area contributed by atoms with Crippen molar-refractivity contribution in [1.82, 2.24) is 14.7 Å². The molecule has 0 radical (unpaired) electrons. The van der Waals surface area contributed by atoms with Crippen molar-refractivity contribution >= 4 is 34.5 Å². The van der Waals surface area contributed by atoms with Crippen LogP contribution in [-0.2, 0) is 14.3 Å². The lowest BCUT2D eigenvalue weighted by molar-refractivity contribution is -0.154. The molecule has 2 aromatic rings. The van der Waals surface area contributed by atoms with Gasteiger partial charge in [-0.2, -0.15) is 9.78 Å². The molecule has 9 heteroatoms. The normalized spacial score (nSPS) is 25.6. The van der Waals surface area contributed by atoms with Gasteiger partial charge in [0.05, 0.1) is 28.9 Å². The number of hydrogen-bond donors (Lipinski definition) is 2. The molecule has 1 atom stereocenters. The van der Waals surface area contributed by atoms with Gasteiger partial charge in [-0.25, -0.2) is 4.79 Å². The van der Waals surface area contributed by atoms with Gasteiger partial charge in [0.2, 0.25) is 11.8 Å². The third-order valence-corrected chi connectivity index (χ3v) is 8.07. The van der Waals surface area contributed by atoms with E-state index in [9.17, 15) is 19.5 Å². The number of likely N-dealkylation sites (tertiary alicyclic amines) is 1. The maximum atomic E-state index is 13.9. The van der Waals surface area contributed by atoms with E-state index in [0.717, 1.165) is 32.1 Å². The quantitative estimate of drug-likeness (QED) is 0.659. The number of fused-ring (bicyclic) bond motifs is 1. The van der Waals surface area contributed by atoms with E-state index in [1.54, 1.807) is 50.1 Å². The number of rotatable bonds is 4. The summed E-state index contributed by atoms with van der Waals surface area (Å²) >= 11 is 0. The Balaban J connectivity index is 1.34. The molecule has 2 aliphatic carbocycles. The van der Waals surface area contributed by atoms with E-state index < -0.39 is 23.2 Å². The van der Waals surface area contributed by atoms with Gasteiger partial charge in [-0.15, -0.1) is 0 Å². The molecule has 3 fully saturated rings. The molecule has 1 saturated heterocycles. The highest BCUT2D eigenvalue weighted by Gasteiger charge is 2.54. The summed E-state index contributed by atoms with van der Waals surface area (Å²) in [4.78, 5) is 41.7. The minimum atomic E-state index is -0.659. The van der Waals surface area contributed by atoms with Crippen LogP contribution in [0.2, 0.25) is 0 Å². The number of benzene rings is 1. The molecule has 0 spiro atoms. The number of anilines is 1. The first-order valence-corrected chi connectivity index (χ1v) is 13.1. The van der Waals surface area contributed by atoms with Crippen molar-refractivity contribution in [3.8, 4) is 0 Å². The van der Waals surface area contributed by atoms with Crippen molar-refractivity contribution in [2.45, 2.75) is 89.9 Å². The zero-order valence-corrected chi connectivity index (χ0v) is 21.3. The SMILES string of the molecule is CC(C)(C)OC(=O)n1ncc2c(NC(=O)[C@H]3CCCN3C(=O)C3(C4CC(O)C4)CCCC3)cccc21. The molecule has 2 saturated carbocycles. The van der Waals surface area contributed by atoms with E-state index in [1.807, 2.05) is 0 Å². The molecule has 0 unspecified atom stereocenters. The number of aliphatic hydroxyl groups is 1. The Bertz CT molecular complexity index is 1170. The van der Waals surface area contributed by atoms with Crippen LogP contribution in [0.1, 0.15) is 72.1 Å². The number of aromatic nitrogens is 2. The van der Waals surface area contributed by atoms with Gasteiger partial charge < -0.3 is 20.1 Å². The highest BCUT2D eigenvalue weighted by Crippen LogP contribution is 2.53. The largest absolute Gasteiger partial charge is 0.442 e. The fourth-order valence-corrected chi connectivity index (χ4v) is 6.24.